The van der Waals surface area contributed by atoms with Gasteiger partial charge in [-0.1, -0.05) is 6.42 Å². The minimum absolute atomic E-state index is 0.0290. The van der Waals surface area contributed by atoms with Crippen molar-refractivity contribution in [3.05, 3.63) is 28.7 Å². The van der Waals surface area contributed by atoms with Crippen molar-refractivity contribution in [1.82, 2.24) is 9.88 Å². The molecule has 88 valence electrons. The van der Waals surface area contributed by atoms with Crippen molar-refractivity contribution in [1.29, 1.82) is 0 Å². The summed E-state index contributed by atoms with van der Waals surface area (Å²) in [5.41, 5.74) is 1.04. The maximum Gasteiger partial charge on any atom is 0.250 e. The van der Waals surface area contributed by atoms with E-state index in [2.05, 4.69) is 10.6 Å². The molecule has 0 aromatic carbocycles. The van der Waals surface area contributed by atoms with E-state index in [0.29, 0.717) is 6.04 Å². The monoisotopic (exact) mass is 221 g/mol. The number of nitrogens with zero attached hydrogens (tertiary/aromatic N) is 1. The van der Waals surface area contributed by atoms with Crippen molar-refractivity contribution in [2.45, 2.75) is 25.3 Å². The van der Waals surface area contributed by atoms with Gasteiger partial charge in [0.25, 0.3) is 0 Å². The SMILES string of the molecule is Cn1cc(NCC2CCCCN2)ccc1=O. The number of nitrogens with one attached hydrogen (secondary N) is 2. The summed E-state index contributed by atoms with van der Waals surface area (Å²) in [6.07, 6.45) is 5.67. The smallest absolute Gasteiger partial charge is 0.250 e. The molecule has 1 aliphatic heterocycles. The third kappa shape index (κ3) is 2.85. The number of pyridine rings is 1. The molecule has 1 aliphatic rings. The Kier molecular flexibility index (Phi) is 3.62. The normalized spacial score (nSPS) is 20.7. The van der Waals surface area contributed by atoms with Crippen LogP contribution in [0.3, 0.4) is 0 Å². The molecule has 1 fully saturated rings. The first kappa shape index (κ1) is 11.2. The molecule has 0 aliphatic carbocycles. The second kappa shape index (κ2) is 5.16. The molecule has 0 spiro atoms. The van der Waals surface area contributed by atoms with Crippen molar-refractivity contribution in [3.8, 4) is 0 Å². The van der Waals surface area contributed by atoms with Gasteiger partial charge in [0.05, 0.1) is 5.69 Å². The molecule has 0 bridgehead atoms. The van der Waals surface area contributed by atoms with Gasteiger partial charge in [0.2, 0.25) is 5.56 Å². The summed E-state index contributed by atoms with van der Waals surface area (Å²) in [4.78, 5) is 11.2. The van der Waals surface area contributed by atoms with Gasteiger partial charge in [0.1, 0.15) is 0 Å². The molecule has 2 heterocycles. The quantitative estimate of drug-likeness (QED) is 0.798. The van der Waals surface area contributed by atoms with E-state index < -0.39 is 0 Å². The van der Waals surface area contributed by atoms with Gasteiger partial charge >= 0.3 is 0 Å². The number of rotatable bonds is 3. The van der Waals surface area contributed by atoms with Gasteiger partial charge in [-0.3, -0.25) is 4.79 Å². The summed E-state index contributed by atoms with van der Waals surface area (Å²) < 4.78 is 1.59. The number of anilines is 1. The van der Waals surface area contributed by atoms with Gasteiger partial charge < -0.3 is 15.2 Å². The van der Waals surface area contributed by atoms with Crippen LogP contribution in [0.4, 0.5) is 5.69 Å². The van der Waals surface area contributed by atoms with Crippen molar-refractivity contribution in [2.24, 2.45) is 7.05 Å². The van der Waals surface area contributed by atoms with E-state index in [1.165, 1.54) is 19.3 Å². The average Bonchev–Trinajstić information content (AvgIpc) is 2.32. The van der Waals surface area contributed by atoms with E-state index in [-0.39, 0.29) is 5.56 Å². The average molecular weight is 221 g/mol. The molecule has 1 aromatic heterocycles. The second-order valence-corrected chi connectivity index (χ2v) is 4.39. The predicted molar refractivity (Wildman–Crippen MR) is 65.8 cm³/mol. The first-order valence-corrected chi connectivity index (χ1v) is 5.89. The Hall–Kier alpha value is -1.29. The molecule has 0 radical (unpaired) electrons. The summed E-state index contributed by atoms with van der Waals surface area (Å²) in [6.45, 7) is 2.05. The third-order valence-electron chi connectivity index (χ3n) is 3.05. The van der Waals surface area contributed by atoms with Crippen LogP contribution in [0.5, 0.6) is 0 Å². The Morgan fingerprint density at radius 2 is 2.38 bits per heavy atom. The number of hydrogen-bond acceptors (Lipinski definition) is 3. The highest BCUT2D eigenvalue weighted by molar-refractivity contribution is 5.40. The number of aromatic nitrogens is 1. The van der Waals surface area contributed by atoms with Crippen molar-refractivity contribution < 1.29 is 0 Å². The summed E-state index contributed by atoms with van der Waals surface area (Å²) in [5.74, 6) is 0. The third-order valence-corrected chi connectivity index (χ3v) is 3.05. The molecule has 4 heteroatoms. The largest absolute Gasteiger partial charge is 0.382 e. The van der Waals surface area contributed by atoms with E-state index in [4.69, 9.17) is 0 Å². The molecule has 1 saturated heterocycles. The van der Waals surface area contributed by atoms with Crippen molar-refractivity contribution in [3.63, 3.8) is 0 Å². The van der Waals surface area contributed by atoms with Gasteiger partial charge in [-0.05, 0) is 25.5 Å². The first-order chi connectivity index (χ1) is 7.75. The van der Waals surface area contributed by atoms with Crippen LogP contribution in [-0.4, -0.2) is 23.7 Å². The number of piperidine rings is 1. The fraction of sp³-hybridized carbons (Fsp3) is 0.583. The zero-order valence-electron chi connectivity index (χ0n) is 9.70. The molecule has 0 amide bonds. The second-order valence-electron chi connectivity index (χ2n) is 4.39. The molecule has 16 heavy (non-hydrogen) atoms. The summed E-state index contributed by atoms with van der Waals surface area (Å²) in [5, 5.41) is 6.84. The lowest BCUT2D eigenvalue weighted by molar-refractivity contribution is 0.414. The molecular formula is C12H19N3O. The van der Waals surface area contributed by atoms with Crippen LogP contribution in [-0.2, 0) is 7.05 Å². The van der Waals surface area contributed by atoms with Gasteiger partial charge in [0, 0.05) is 31.9 Å². The Labute approximate surface area is 95.7 Å². The maximum absolute atomic E-state index is 11.2. The molecule has 1 atom stereocenters. The lowest BCUT2D eigenvalue weighted by atomic mass is 10.1. The molecule has 1 aromatic rings. The fourth-order valence-electron chi connectivity index (χ4n) is 2.04. The van der Waals surface area contributed by atoms with Crippen molar-refractivity contribution >= 4 is 5.69 Å². The number of aryl methyl sites for hydroxylation is 1. The number of hydrogen-bond donors (Lipinski definition) is 2. The van der Waals surface area contributed by atoms with Gasteiger partial charge in [0.15, 0.2) is 0 Å². The fourth-order valence-corrected chi connectivity index (χ4v) is 2.04. The van der Waals surface area contributed by atoms with Crippen LogP contribution in [0.1, 0.15) is 19.3 Å². The molecular weight excluding hydrogens is 202 g/mol. The van der Waals surface area contributed by atoms with E-state index in [1.54, 1.807) is 17.7 Å². The molecule has 1 unspecified atom stereocenters. The summed E-state index contributed by atoms with van der Waals surface area (Å²) in [7, 11) is 1.77. The Morgan fingerprint density at radius 3 is 3.06 bits per heavy atom. The summed E-state index contributed by atoms with van der Waals surface area (Å²) in [6, 6.07) is 3.99. The van der Waals surface area contributed by atoms with E-state index >= 15 is 0 Å². The maximum atomic E-state index is 11.2. The van der Waals surface area contributed by atoms with E-state index in [0.717, 1.165) is 18.8 Å². The zero-order valence-corrected chi connectivity index (χ0v) is 9.70. The van der Waals surface area contributed by atoms with Gasteiger partial charge in [-0.25, -0.2) is 0 Å². The van der Waals surface area contributed by atoms with Gasteiger partial charge in [-0.15, -0.1) is 0 Å². The van der Waals surface area contributed by atoms with Crippen LogP contribution in [0.2, 0.25) is 0 Å². The van der Waals surface area contributed by atoms with E-state index in [1.807, 2.05) is 12.3 Å². The summed E-state index contributed by atoms with van der Waals surface area (Å²) >= 11 is 0. The Balaban J connectivity index is 1.88. The molecule has 2 rings (SSSR count). The molecule has 2 N–H and O–H groups in total. The van der Waals surface area contributed by atoms with Crippen LogP contribution in [0, 0.1) is 0 Å². The topological polar surface area (TPSA) is 46.1 Å². The first-order valence-electron chi connectivity index (χ1n) is 5.89. The highest BCUT2D eigenvalue weighted by Crippen LogP contribution is 2.08. The predicted octanol–water partition coefficient (Wildman–Crippen LogP) is 0.939. The molecule has 4 nitrogen and oxygen atoms in total. The lowest BCUT2D eigenvalue weighted by Gasteiger charge is -2.24. The standard InChI is InChI=1S/C12H19N3O/c1-15-9-11(5-6-12(15)16)14-8-10-4-2-3-7-13-10/h5-6,9-10,13-14H,2-4,7-8H2,1H3. The zero-order chi connectivity index (χ0) is 11.4. The van der Waals surface area contributed by atoms with Gasteiger partial charge in [-0.2, -0.15) is 0 Å². The Bertz CT molecular complexity index is 393. The lowest BCUT2D eigenvalue weighted by Crippen LogP contribution is -2.39. The van der Waals surface area contributed by atoms with Crippen LogP contribution >= 0.6 is 0 Å². The Morgan fingerprint density at radius 1 is 1.50 bits per heavy atom. The minimum Gasteiger partial charge on any atom is -0.382 e. The van der Waals surface area contributed by atoms with Crippen LogP contribution in [0.25, 0.3) is 0 Å². The van der Waals surface area contributed by atoms with Crippen LogP contribution in [0.15, 0.2) is 23.1 Å². The highest BCUT2D eigenvalue weighted by Gasteiger charge is 2.11. The van der Waals surface area contributed by atoms with E-state index in [9.17, 15) is 4.79 Å². The molecule has 0 saturated carbocycles. The highest BCUT2D eigenvalue weighted by atomic mass is 16.1. The van der Waals surface area contributed by atoms with Crippen LogP contribution < -0.4 is 16.2 Å². The minimum atomic E-state index is 0.0290. The van der Waals surface area contributed by atoms with Crippen molar-refractivity contribution in [2.75, 3.05) is 18.4 Å².